The number of ether oxygens (including phenoxy) is 1. The lowest BCUT2D eigenvalue weighted by molar-refractivity contribution is -0.119. The first kappa shape index (κ1) is 31.5. The quantitative estimate of drug-likeness (QED) is 0.325. The zero-order valence-electron chi connectivity index (χ0n) is 24.5. The van der Waals surface area contributed by atoms with E-state index in [1.807, 2.05) is 4.72 Å². The van der Waals surface area contributed by atoms with Crippen molar-refractivity contribution in [1.29, 1.82) is 0 Å². The summed E-state index contributed by atoms with van der Waals surface area (Å²) in [5, 5.41) is 2.93. The summed E-state index contributed by atoms with van der Waals surface area (Å²) in [6.07, 6.45) is 13.6. The molecule has 2 aromatic rings. The summed E-state index contributed by atoms with van der Waals surface area (Å²) in [6.45, 7) is 1.06. The van der Waals surface area contributed by atoms with Crippen molar-refractivity contribution in [2.24, 2.45) is 5.92 Å². The molecule has 1 aliphatic carbocycles. The van der Waals surface area contributed by atoms with Crippen LogP contribution in [-0.4, -0.2) is 62.5 Å². The number of methoxy groups -OCH3 is 1. The number of oxazole rings is 1. The summed E-state index contributed by atoms with van der Waals surface area (Å²) in [7, 11) is -2.18. The first-order valence-corrected chi connectivity index (χ1v) is 16.8. The van der Waals surface area contributed by atoms with Crippen LogP contribution in [0.3, 0.4) is 0 Å². The van der Waals surface area contributed by atoms with Gasteiger partial charge in [-0.1, -0.05) is 51.0 Å². The molecule has 11 nitrogen and oxygen atoms in total. The van der Waals surface area contributed by atoms with Crippen LogP contribution in [-0.2, 0) is 21.2 Å². The normalized spacial score (nSPS) is 17.7. The van der Waals surface area contributed by atoms with E-state index in [1.54, 1.807) is 23.1 Å². The molecule has 1 saturated heterocycles. The molecule has 2 fully saturated rings. The zero-order chi connectivity index (χ0) is 30.1. The lowest BCUT2D eigenvalue weighted by atomic mass is 9.86. The van der Waals surface area contributed by atoms with Crippen LogP contribution < -0.4 is 14.8 Å². The summed E-state index contributed by atoms with van der Waals surface area (Å²) in [4.78, 5) is 44.7. The van der Waals surface area contributed by atoms with Crippen molar-refractivity contribution in [2.75, 3.05) is 26.5 Å². The number of amides is 3. The number of hydrogen-bond donors (Lipinski definition) is 2. The molecule has 1 aliphatic heterocycles. The predicted molar refractivity (Wildman–Crippen MR) is 157 cm³/mol. The molecule has 1 atom stereocenters. The van der Waals surface area contributed by atoms with Crippen molar-refractivity contribution in [1.82, 2.24) is 19.9 Å². The maximum Gasteiger partial charge on any atom is 0.273 e. The van der Waals surface area contributed by atoms with Crippen LogP contribution in [0.15, 0.2) is 28.9 Å². The van der Waals surface area contributed by atoms with Gasteiger partial charge in [0.15, 0.2) is 5.69 Å². The number of aromatic nitrogens is 1. The summed E-state index contributed by atoms with van der Waals surface area (Å²) in [5.74, 6) is 0.392. The van der Waals surface area contributed by atoms with E-state index in [2.05, 4.69) is 10.3 Å². The largest absolute Gasteiger partial charge is 0.497 e. The van der Waals surface area contributed by atoms with Gasteiger partial charge in [-0.15, -0.1) is 0 Å². The van der Waals surface area contributed by atoms with Crippen LogP contribution in [0, 0.1) is 5.92 Å². The van der Waals surface area contributed by atoms with Crippen LogP contribution in [0.5, 0.6) is 5.75 Å². The highest BCUT2D eigenvalue weighted by atomic mass is 32.2. The molecule has 1 aromatic carbocycles. The number of hydrogen-bond acceptors (Lipinski definition) is 8. The van der Waals surface area contributed by atoms with Gasteiger partial charge in [-0.25, -0.2) is 13.4 Å². The topological polar surface area (TPSA) is 148 Å². The molecule has 2 N–H and O–H groups in total. The molecule has 1 unspecified atom stereocenters. The van der Waals surface area contributed by atoms with E-state index in [4.69, 9.17) is 9.15 Å². The highest BCUT2D eigenvalue weighted by Gasteiger charge is 2.35. The standard InChI is InChI=1S/C30H42N4O7S/c1-40-23-15-13-22(14-16-27(35)33-42(2,38)39)24(19-23)30(37)34-18-8-12-26(34)29-32-25(20-41-29)28(36)31-17-7-6-11-21-9-4-3-5-10-21/h13,15,19-21,26H,3-12,14,16-18H2,1-2H3,(H,31,36)(H,33,35). The Morgan fingerprint density at radius 1 is 1.10 bits per heavy atom. The average Bonchev–Trinajstić information content (AvgIpc) is 3.65. The molecule has 230 valence electrons. The monoisotopic (exact) mass is 602 g/mol. The number of unbranched alkanes of at least 4 members (excludes halogenated alkanes) is 1. The maximum absolute atomic E-state index is 13.8. The molecule has 2 aliphatic rings. The second-order valence-electron chi connectivity index (χ2n) is 11.3. The van der Waals surface area contributed by atoms with Gasteiger partial charge in [0.25, 0.3) is 11.8 Å². The second-order valence-corrected chi connectivity index (χ2v) is 13.1. The molecule has 1 saturated carbocycles. The minimum atomic E-state index is -3.67. The molecule has 3 amide bonds. The van der Waals surface area contributed by atoms with E-state index < -0.39 is 22.0 Å². The third-order valence-electron chi connectivity index (χ3n) is 8.07. The van der Waals surface area contributed by atoms with Gasteiger partial charge in [-0.05, 0) is 49.3 Å². The zero-order valence-corrected chi connectivity index (χ0v) is 25.3. The number of carbonyl (C=O) groups is 3. The average molecular weight is 603 g/mol. The minimum Gasteiger partial charge on any atom is -0.497 e. The van der Waals surface area contributed by atoms with Gasteiger partial charge >= 0.3 is 0 Å². The fraction of sp³-hybridized carbons (Fsp3) is 0.600. The third-order valence-corrected chi connectivity index (χ3v) is 8.67. The number of rotatable bonds is 13. The van der Waals surface area contributed by atoms with E-state index in [1.165, 1.54) is 51.9 Å². The van der Waals surface area contributed by atoms with Crippen LogP contribution >= 0.6 is 0 Å². The van der Waals surface area contributed by atoms with E-state index in [0.29, 0.717) is 42.3 Å². The molecule has 12 heteroatoms. The fourth-order valence-corrected chi connectivity index (χ4v) is 6.41. The van der Waals surface area contributed by atoms with Crippen molar-refractivity contribution >= 4 is 27.7 Å². The number of nitrogens with zero attached hydrogens (tertiary/aromatic N) is 2. The Kier molecular flexibility index (Phi) is 11.0. The second kappa shape index (κ2) is 14.7. The van der Waals surface area contributed by atoms with E-state index in [-0.39, 0.29) is 30.3 Å². The lowest BCUT2D eigenvalue weighted by Crippen LogP contribution is -2.32. The Hall–Kier alpha value is -3.41. The SMILES string of the molecule is COc1ccc(CCC(=O)NS(C)(=O)=O)c(C(=O)N2CCCC2c2nc(C(=O)NCCCCC3CCCCC3)co2)c1. The first-order valence-electron chi connectivity index (χ1n) is 14.9. The number of carbonyl (C=O) groups excluding carboxylic acids is 3. The molecule has 1 aromatic heterocycles. The molecule has 0 radical (unpaired) electrons. The van der Waals surface area contributed by atoms with Crippen molar-refractivity contribution in [3.05, 3.63) is 47.2 Å². The Morgan fingerprint density at radius 3 is 2.62 bits per heavy atom. The summed E-state index contributed by atoms with van der Waals surface area (Å²) >= 11 is 0. The molecule has 42 heavy (non-hydrogen) atoms. The lowest BCUT2D eigenvalue weighted by Gasteiger charge is -2.24. The number of benzene rings is 1. The Balaban J connectivity index is 1.36. The highest BCUT2D eigenvalue weighted by Crippen LogP contribution is 2.34. The van der Waals surface area contributed by atoms with Crippen molar-refractivity contribution in [3.8, 4) is 5.75 Å². The van der Waals surface area contributed by atoms with Gasteiger partial charge in [0.2, 0.25) is 21.8 Å². The predicted octanol–water partition coefficient (Wildman–Crippen LogP) is 4.15. The van der Waals surface area contributed by atoms with Crippen molar-refractivity contribution in [3.63, 3.8) is 0 Å². The summed E-state index contributed by atoms with van der Waals surface area (Å²) in [6, 6.07) is 4.57. The van der Waals surface area contributed by atoms with Crippen LogP contribution in [0.25, 0.3) is 0 Å². The van der Waals surface area contributed by atoms with E-state index >= 15 is 0 Å². The molecule has 2 heterocycles. The summed E-state index contributed by atoms with van der Waals surface area (Å²) < 4.78 is 35.7. The molecular weight excluding hydrogens is 560 g/mol. The summed E-state index contributed by atoms with van der Waals surface area (Å²) in [5.41, 5.74) is 1.13. The molecule has 4 rings (SSSR count). The molecule has 0 spiro atoms. The highest BCUT2D eigenvalue weighted by molar-refractivity contribution is 7.89. The smallest absolute Gasteiger partial charge is 0.273 e. The van der Waals surface area contributed by atoms with Crippen LogP contribution in [0.4, 0.5) is 0 Å². The van der Waals surface area contributed by atoms with Crippen LogP contribution in [0.1, 0.15) is 109 Å². The van der Waals surface area contributed by atoms with Gasteiger partial charge in [0.05, 0.1) is 13.4 Å². The minimum absolute atomic E-state index is 0.109. The first-order chi connectivity index (χ1) is 20.1. The molecule has 0 bridgehead atoms. The molecular formula is C30H42N4O7S. The fourth-order valence-electron chi connectivity index (χ4n) is 5.90. The van der Waals surface area contributed by atoms with Gasteiger partial charge in [-0.3, -0.25) is 19.1 Å². The third kappa shape index (κ3) is 8.80. The van der Waals surface area contributed by atoms with E-state index in [9.17, 15) is 22.8 Å². The van der Waals surface area contributed by atoms with Crippen molar-refractivity contribution < 1.29 is 32.0 Å². The maximum atomic E-state index is 13.8. The number of sulfonamides is 1. The van der Waals surface area contributed by atoms with Gasteiger partial charge < -0.3 is 19.4 Å². The van der Waals surface area contributed by atoms with E-state index in [0.717, 1.165) is 31.4 Å². The Morgan fingerprint density at radius 2 is 1.88 bits per heavy atom. The Labute approximate surface area is 247 Å². The number of likely N-dealkylation sites (tertiary alicyclic amines) is 1. The number of aryl methyl sites for hydroxylation is 1. The number of nitrogens with one attached hydrogen (secondary N) is 2. The van der Waals surface area contributed by atoms with Gasteiger partial charge in [-0.2, -0.15) is 0 Å². The van der Waals surface area contributed by atoms with Crippen molar-refractivity contribution in [2.45, 2.75) is 83.1 Å². The van der Waals surface area contributed by atoms with Gasteiger partial charge in [0.1, 0.15) is 18.1 Å². The Bertz CT molecular complexity index is 1350. The van der Waals surface area contributed by atoms with Crippen LogP contribution in [0.2, 0.25) is 0 Å². The van der Waals surface area contributed by atoms with Gasteiger partial charge in [0, 0.05) is 25.1 Å².